The van der Waals surface area contributed by atoms with E-state index in [-0.39, 0.29) is 23.8 Å². The highest BCUT2D eigenvalue weighted by atomic mass is 16.5. The minimum absolute atomic E-state index is 0.115. The number of esters is 1. The summed E-state index contributed by atoms with van der Waals surface area (Å²) in [5.74, 6) is -0.621. The summed E-state index contributed by atoms with van der Waals surface area (Å²) < 4.78 is 4.99. The second kappa shape index (κ2) is 5.84. The van der Waals surface area contributed by atoms with E-state index in [2.05, 4.69) is 0 Å². The van der Waals surface area contributed by atoms with Crippen molar-refractivity contribution in [3.05, 3.63) is 0 Å². The van der Waals surface area contributed by atoms with Crippen LogP contribution in [0.4, 0.5) is 0 Å². The van der Waals surface area contributed by atoms with Crippen molar-refractivity contribution in [2.45, 2.75) is 32.7 Å². The summed E-state index contributed by atoms with van der Waals surface area (Å²) in [6, 6.07) is -0.308. The number of hydrogen-bond acceptors (Lipinski definition) is 4. The Hall–Kier alpha value is -1.10. The maximum Gasteiger partial charge on any atom is 0.310 e. The molecule has 0 aromatic carbocycles. The summed E-state index contributed by atoms with van der Waals surface area (Å²) in [6.45, 7) is 5.37. The van der Waals surface area contributed by atoms with Crippen LogP contribution in [-0.4, -0.2) is 42.5 Å². The molecule has 1 saturated heterocycles. The minimum Gasteiger partial charge on any atom is -0.466 e. The highest BCUT2D eigenvalue weighted by Crippen LogP contribution is 2.19. The van der Waals surface area contributed by atoms with E-state index in [9.17, 15) is 9.59 Å². The highest BCUT2D eigenvalue weighted by Gasteiger charge is 2.30. The summed E-state index contributed by atoms with van der Waals surface area (Å²) >= 11 is 0. The van der Waals surface area contributed by atoms with Gasteiger partial charge in [0, 0.05) is 6.54 Å². The van der Waals surface area contributed by atoms with Crippen LogP contribution in [0.5, 0.6) is 0 Å². The summed E-state index contributed by atoms with van der Waals surface area (Å²) in [7, 11) is 0. The molecule has 0 unspecified atom stereocenters. The molecule has 0 radical (unpaired) electrons. The Morgan fingerprint density at radius 1 is 1.56 bits per heavy atom. The highest BCUT2D eigenvalue weighted by molar-refractivity contribution is 5.79. The van der Waals surface area contributed by atoms with E-state index in [1.807, 2.05) is 4.90 Å². The van der Waals surface area contributed by atoms with Gasteiger partial charge in [0.05, 0.1) is 18.6 Å². The second-order valence-corrected chi connectivity index (χ2v) is 4.16. The van der Waals surface area contributed by atoms with Gasteiger partial charge in [-0.15, -0.1) is 0 Å². The van der Waals surface area contributed by atoms with Crippen molar-refractivity contribution in [1.29, 1.82) is 0 Å². The lowest BCUT2D eigenvalue weighted by atomic mass is 9.97. The van der Waals surface area contributed by atoms with Crippen LogP contribution in [0.2, 0.25) is 0 Å². The number of primary amides is 1. The van der Waals surface area contributed by atoms with Crippen molar-refractivity contribution in [2.75, 3.05) is 19.7 Å². The van der Waals surface area contributed by atoms with Gasteiger partial charge in [0.2, 0.25) is 5.91 Å². The van der Waals surface area contributed by atoms with E-state index in [0.717, 1.165) is 19.4 Å². The van der Waals surface area contributed by atoms with E-state index >= 15 is 0 Å². The number of nitrogens with two attached hydrogens (primary N) is 1. The third-order valence-electron chi connectivity index (χ3n) is 3.03. The van der Waals surface area contributed by atoms with Gasteiger partial charge in [-0.05, 0) is 33.2 Å². The van der Waals surface area contributed by atoms with Crippen LogP contribution < -0.4 is 5.73 Å². The molecule has 0 bridgehead atoms. The number of hydrogen-bond donors (Lipinski definition) is 1. The van der Waals surface area contributed by atoms with Crippen LogP contribution in [0.1, 0.15) is 26.7 Å². The van der Waals surface area contributed by atoms with Crippen molar-refractivity contribution in [1.82, 2.24) is 4.90 Å². The van der Waals surface area contributed by atoms with Gasteiger partial charge in [0.1, 0.15) is 0 Å². The van der Waals surface area contributed by atoms with E-state index in [4.69, 9.17) is 10.5 Å². The van der Waals surface area contributed by atoms with Gasteiger partial charge in [-0.3, -0.25) is 14.5 Å². The number of carbonyl (C=O) groups is 2. The molecule has 1 heterocycles. The molecule has 0 aliphatic carbocycles. The number of rotatable bonds is 4. The maximum atomic E-state index is 11.6. The average Bonchev–Trinajstić information content (AvgIpc) is 2.28. The monoisotopic (exact) mass is 228 g/mol. The summed E-state index contributed by atoms with van der Waals surface area (Å²) in [6.07, 6.45) is 1.74. The van der Waals surface area contributed by atoms with Crippen LogP contribution >= 0.6 is 0 Å². The van der Waals surface area contributed by atoms with Gasteiger partial charge in [-0.2, -0.15) is 0 Å². The Labute approximate surface area is 95.9 Å². The molecule has 1 rings (SSSR count). The van der Waals surface area contributed by atoms with Crippen LogP contribution in [0, 0.1) is 5.92 Å². The summed E-state index contributed by atoms with van der Waals surface area (Å²) in [5.41, 5.74) is 5.25. The Morgan fingerprint density at radius 3 is 2.81 bits per heavy atom. The van der Waals surface area contributed by atoms with Gasteiger partial charge in [-0.25, -0.2) is 0 Å². The maximum absolute atomic E-state index is 11.6. The Morgan fingerprint density at radius 2 is 2.25 bits per heavy atom. The quantitative estimate of drug-likeness (QED) is 0.694. The first-order valence-electron chi connectivity index (χ1n) is 5.76. The number of likely N-dealkylation sites (tertiary alicyclic amines) is 1. The molecule has 0 aromatic rings. The van der Waals surface area contributed by atoms with Gasteiger partial charge in [-0.1, -0.05) is 0 Å². The molecule has 1 aliphatic heterocycles. The predicted molar refractivity (Wildman–Crippen MR) is 59.6 cm³/mol. The van der Waals surface area contributed by atoms with Crippen molar-refractivity contribution in [2.24, 2.45) is 11.7 Å². The first-order valence-corrected chi connectivity index (χ1v) is 5.76. The lowest BCUT2D eigenvalue weighted by Crippen LogP contribution is -2.49. The fraction of sp³-hybridized carbons (Fsp3) is 0.818. The van der Waals surface area contributed by atoms with Gasteiger partial charge in [0.15, 0.2) is 0 Å². The third kappa shape index (κ3) is 3.20. The Balaban J connectivity index is 2.53. The fourth-order valence-electron chi connectivity index (χ4n) is 1.99. The summed E-state index contributed by atoms with van der Waals surface area (Å²) in [4.78, 5) is 24.6. The molecule has 1 amide bonds. The Bertz CT molecular complexity index is 268. The first-order chi connectivity index (χ1) is 7.56. The Kier molecular flexibility index (Phi) is 4.73. The molecule has 0 aromatic heterocycles. The molecular weight excluding hydrogens is 208 g/mol. The molecule has 2 N–H and O–H groups in total. The number of piperidine rings is 1. The molecule has 1 aliphatic rings. The lowest BCUT2D eigenvalue weighted by molar-refractivity contribution is -0.150. The predicted octanol–water partition coefficient (Wildman–Crippen LogP) is 0.135. The van der Waals surface area contributed by atoms with Gasteiger partial charge < -0.3 is 10.5 Å². The second-order valence-electron chi connectivity index (χ2n) is 4.16. The molecule has 16 heavy (non-hydrogen) atoms. The van der Waals surface area contributed by atoms with Crippen molar-refractivity contribution in [3.63, 3.8) is 0 Å². The largest absolute Gasteiger partial charge is 0.466 e. The third-order valence-corrected chi connectivity index (χ3v) is 3.03. The molecule has 0 spiro atoms. The molecule has 0 saturated carbocycles. The van der Waals surface area contributed by atoms with E-state index in [1.54, 1.807) is 13.8 Å². The summed E-state index contributed by atoms with van der Waals surface area (Å²) in [5, 5.41) is 0. The molecule has 5 nitrogen and oxygen atoms in total. The smallest absolute Gasteiger partial charge is 0.310 e. The van der Waals surface area contributed by atoms with E-state index in [0.29, 0.717) is 13.2 Å². The molecular formula is C11H20N2O3. The van der Waals surface area contributed by atoms with Crippen LogP contribution in [0.15, 0.2) is 0 Å². The SMILES string of the molecule is CCOC(=O)[C@@H]1CCCN([C@H](C)C(N)=O)C1. The number of ether oxygens (including phenoxy) is 1. The molecule has 5 heteroatoms. The zero-order valence-electron chi connectivity index (χ0n) is 9.94. The zero-order valence-corrected chi connectivity index (χ0v) is 9.94. The van der Waals surface area contributed by atoms with E-state index in [1.165, 1.54) is 0 Å². The first kappa shape index (κ1) is 13.0. The van der Waals surface area contributed by atoms with Gasteiger partial charge >= 0.3 is 5.97 Å². The van der Waals surface area contributed by atoms with Crippen LogP contribution in [0.25, 0.3) is 0 Å². The number of nitrogens with zero attached hydrogens (tertiary/aromatic N) is 1. The lowest BCUT2D eigenvalue weighted by Gasteiger charge is -2.34. The molecule has 1 fully saturated rings. The van der Waals surface area contributed by atoms with Crippen LogP contribution in [-0.2, 0) is 14.3 Å². The number of amides is 1. The minimum atomic E-state index is -0.343. The van der Waals surface area contributed by atoms with Crippen LogP contribution in [0.3, 0.4) is 0 Å². The normalized spacial score (nSPS) is 23.8. The zero-order chi connectivity index (χ0) is 12.1. The molecule has 2 atom stereocenters. The average molecular weight is 228 g/mol. The topological polar surface area (TPSA) is 72.6 Å². The van der Waals surface area contributed by atoms with Gasteiger partial charge in [0.25, 0.3) is 0 Å². The number of carbonyl (C=O) groups excluding carboxylic acids is 2. The van der Waals surface area contributed by atoms with Crippen molar-refractivity contribution < 1.29 is 14.3 Å². The van der Waals surface area contributed by atoms with Crippen molar-refractivity contribution >= 4 is 11.9 Å². The fourth-order valence-corrected chi connectivity index (χ4v) is 1.99. The molecule has 92 valence electrons. The standard InChI is InChI=1S/C11H20N2O3/c1-3-16-11(15)9-5-4-6-13(7-9)8(2)10(12)14/h8-9H,3-7H2,1-2H3,(H2,12,14)/t8-,9-/m1/s1. The van der Waals surface area contributed by atoms with E-state index < -0.39 is 0 Å². The van der Waals surface area contributed by atoms with Crippen molar-refractivity contribution in [3.8, 4) is 0 Å².